The SMILES string of the molecule is Cc1ccc(C(C(=O)Nc2c(C)cccc2C)N(C)C(=O)C(CS)NC(=O)OC(C)(C)C)cc1. The smallest absolute Gasteiger partial charge is 0.408 e. The lowest BCUT2D eigenvalue weighted by Gasteiger charge is -2.31. The average Bonchev–Trinajstić information content (AvgIpc) is 2.74. The van der Waals surface area contributed by atoms with E-state index in [1.165, 1.54) is 4.90 Å². The van der Waals surface area contributed by atoms with Crippen molar-refractivity contribution >= 4 is 36.2 Å². The van der Waals surface area contributed by atoms with Gasteiger partial charge in [-0.25, -0.2) is 4.79 Å². The van der Waals surface area contributed by atoms with Crippen LogP contribution in [0, 0.1) is 20.8 Å². The Morgan fingerprint density at radius 3 is 2.06 bits per heavy atom. The second kappa shape index (κ2) is 11.4. The summed E-state index contributed by atoms with van der Waals surface area (Å²) in [7, 11) is 1.55. The quantitative estimate of drug-likeness (QED) is 0.501. The van der Waals surface area contributed by atoms with Crippen LogP contribution in [0.25, 0.3) is 0 Å². The van der Waals surface area contributed by atoms with Crippen molar-refractivity contribution in [1.29, 1.82) is 0 Å². The van der Waals surface area contributed by atoms with Crippen LogP contribution in [0.3, 0.4) is 0 Å². The summed E-state index contributed by atoms with van der Waals surface area (Å²) in [6.45, 7) is 11.0. The number of likely N-dealkylation sites (N-methyl/N-ethyl adjacent to an activating group) is 1. The standard InChI is InChI=1S/C26H35N3O4S/c1-16-11-13-19(14-12-16)22(23(30)28-21-17(2)9-8-10-18(21)3)29(7)24(31)20(15-34)27-25(32)33-26(4,5)6/h8-14,20,22,34H,15H2,1-7H3,(H,27,32)(H,28,30). The highest BCUT2D eigenvalue weighted by atomic mass is 32.1. The van der Waals surface area contributed by atoms with E-state index in [4.69, 9.17) is 4.74 Å². The minimum atomic E-state index is -0.968. The molecule has 0 aliphatic heterocycles. The Morgan fingerprint density at radius 2 is 1.56 bits per heavy atom. The third-order valence-electron chi connectivity index (χ3n) is 5.28. The zero-order valence-corrected chi connectivity index (χ0v) is 21.8. The predicted octanol–water partition coefficient (Wildman–Crippen LogP) is 4.57. The minimum Gasteiger partial charge on any atom is -0.444 e. The molecule has 8 heteroatoms. The maximum atomic E-state index is 13.5. The Hall–Kier alpha value is -3.00. The summed E-state index contributed by atoms with van der Waals surface area (Å²) in [6, 6.07) is 11.3. The Kier molecular flexibility index (Phi) is 9.15. The molecule has 0 aromatic heterocycles. The molecule has 0 aliphatic rings. The van der Waals surface area contributed by atoms with Gasteiger partial charge in [-0.05, 0) is 58.2 Å². The van der Waals surface area contributed by atoms with Crippen molar-refractivity contribution in [3.8, 4) is 0 Å². The zero-order chi connectivity index (χ0) is 25.6. The van der Waals surface area contributed by atoms with Crippen LogP contribution in [0.1, 0.15) is 49.1 Å². The number of amides is 3. The molecule has 0 saturated carbocycles. The van der Waals surface area contributed by atoms with E-state index in [0.29, 0.717) is 11.3 Å². The van der Waals surface area contributed by atoms with Crippen LogP contribution in [-0.2, 0) is 14.3 Å². The first-order valence-electron chi connectivity index (χ1n) is 11.1. The second-order valence-corrected chi connectivity index (χ2v) is 9.76. The number of hydrogen-bond donors (Lipinski definition) is 3. The number of hydrogen-bond acceptors (Lipinski definition) is 5. The molecular formula is C26H35N3O4S. The molecule has 2 atom stereocenters. The highest BCUT2D eigenvalue weighted by molar-refractivity contribution is 7.80. The van der Waals surface area contributed by atoms with Gasteiger partial charge in [0.2, 0.25) is 5.91 Å². The van der Waals surface area contributed by atoms with Crippen LogP contribution < -0.4 is 10.6 Å². The van der Waals surface area contributed by atoms with E-state index in [-0.39, 0.29) is 11.7 Å². The number of anilines is 1. The fraction of sp³-hybridized carbons (Fsp3) is 0.423. The third kappa shape index (κ3) is 7.25. The van der Waals surface area contributed by atoms with E-state index in [2.05, 4.69) is 23.3 Å². The number of carbonyl (C=O) groups excluding carboxylic acids is 3. The molecule has 7 nitrogen and oxygen atoms in total. The van der Waals surface area contributed by atoms with Gasteiger partial charge >= 0.3 is 6.09 Å². The number of para-hydroxylation sites is 1. The number of benzene rings is 2. The highest BCUT2D eigenvalue weighted by Gasteiger charge is 2.34. The molecule has 0 fully saturated rings. The van der Waals surface area contributed by atoms with Gasteiger partial charge in [0.15, 0.2) is 0 Å². The Morgan fingerprint density at radius 1 is 1.00 bits per heavy atom. The maximum absolute atomic E-state index is 13.5. The van der Waals surface area contributed by atoms with E-state index in [0.717, 1.165) is 16.7 Å². The molecule has 0 bridgehead atoms. The normalized spacial score (nSPS) is 12.9. The Labute approximate surface area is 207 Å². The molecule has 0 saturated heterocycles. The second-order valence-electron chi connectivity index (χ2n) is 9.40. The van der Waals surface area contributed by atoms with Crippen molar-refractivity contribution in [3.63, 3.8) is 0 Å². The molecule has 0 aliphatic carbocycles. The van der Waals surface area contributed by atoms with Crippen LogP contribution >= 0.6 is 12.6 Å². The third-order valence-corrected chi connectivity index (χ3v) is 5.64. The number of carbonyl (C=O) groups is 3. The first kappa shape index (κ1) is 27.2. The molecule has 2 unspecified atom stereocenters. The lowest BCUT2D eigenvalue weighted by atomic mass is 10.0. The van der Waals surface area contributed by atoms with E-state index in [1.807, 2.05) is 63.2 Å². The molecule has 0 spiro atoms. The van der Waals surface area contributed by atoms with Gasteiger partial charge in [0, 0.05) is 18.5 Å². The molecule has 2 aromatic carbocycles. The first-order valence-corrected chi connectivity index (χ1v) is 11.8. The number of alkyl carbamates (subject to hydrolysis) is 1. The molecule has 2 rings (SSSR count). The summed E-state index contributed by atoms with van der Waals surface area (Å²) < 4.78 is 5.28. The number of aryl methyl sites for hydroxylation is 3. The molecule has 184 valence electrons. The minimum absolute atomic E-state index is 0.0432. The number of ether oxygens (including phenoxy) is 1. The highest BCUT2D eigenvalue weighted by Crippen LogP contribution is 2.26. The molecule has 0 radical (unpaired) electrons. The van der Waals surface area contributed by atoms with Crippen LogP contribution in [0.15, 0.2) is 42.5 Å². The number of rotatable bonds is 7. The first-order chi connectivity index (χ1) is 15.8. The van der Waals surface area contributed by atoms with Crippen molar-refractivity contribution < 1.29 is 19.1 Å². The topological polar surface area (TPSA) is 87.7 Å². The Balaban J connectivity index is 2.35. The van der Waals surface area contributed by atoms with Gasteiger partial charge < -0.3 is 20.3 Å². The Bertz CT molecular complexity index is 1010. The molecular weight excluding hydrogens is 450 g/mol. The average molecular weight is 486 g/mol. The molecule has 3 amide bonds. The van der Waals surface area contributed by atoms with Gasteiger partial charge in [-0.2, -0.15) is 12.6 Å². The summed E-state index contributed by atoms with van der Waals surface area (Å²) in [6.07, 6.45) is -0.722. The van der Waals surface area contributed by atoms with Crippen LogP contribution in [-0.4, -0.2) is 47.3 Å². The lowest BCUT2D eigenvalue weighted by Crippen LogP contribution is -2.52. The number of thiol groups is 1. The van der Waals surface area contributed by atoms with E-state index in [9.17, 15) is 14.4 Å². The van der Waals surface area contributed by atoms with Gasteiger partial charge in [0.25, 0.3) is 5.91 Å². The van der Waals surface area contributed by atoms with Gasteiger partial charge in [-0.3, -0.25) is 9.59 Å². The van der Waals surface area contributed by atoms with Crippen molar-refractivity contribution in [2.24, 2.45) is 0 Å². The summed E-state index contributed by atoms with van der Waals surface area (Å²) in [4.78, 5) is 40.5. The molecule has 0 heterocycles. The van der Waals surface area contributed by atoms with Gasteiger partial charge in [0.05, 0.1) is 0 Å². The van der Waals surface area contributed by atoms with Crippen LogP contribution in [0.4, 0.5) is 10.5 Å². The van der Waals surface area contributed by atoms with Gasteiger partial charge in [-0.1, -0.05) is 48.0 Å². The predicted molar refractivity (Wildman–Crippen MR) is 138 cm³/mol. The van der Waals surface area contributed by atoms with Crippen molar-refractivity contribution in [2.45, 2.75) is 59.2 Å². The van der Waals surface area contributed by atoms with E-state index >= 15 is 0 Å². The van der Waals surface area contributed by atoms with E-state index in [1.54, 1.807) is 27.8 Å². The molecule has 34 heavy (non-hydrogen) atoms. The summed E-state index contributed by atoms with van der Waals surface area (Å²) >= 11 is 4.25. The molecule has 2 aromatic rings. The fourth-order valence-corrected chi connectivity index (χ4v) is 3.76. The summed E-state index contributed by atoms with van der Waals surface area (Å²) in [5, 5.41) is 5.56. The van der Waals surface area contributed by atoms with Crippen molar-refractivity contribution in [2.75, 3.05) is 18.1 Å². The van der Waals surface area contributed by atoms with Crippen molar-refractivity contribution in [3.05, 3.63) is 64.7 Å². The number of nitrogens with one attached hydrogen (secondary N) is 2. The molecule has 2 N–H and O–H groups in total. The van der Waals surface area contributed by atoms with Gasteiger partial charge in [-0.15, -0.1) is 0 Å². The maximum Gasteiger partial charge on any atom is 0.408 e. The summed E-state index contributed by atoms with van der Waals surface area (Å²) in [5.41, 5.74) is 3.53. The largest absolute Gasteiger partial charge is 0.444 e. The zero-order valence-electron chi connectivity index (χ0n) is 20.9. The summed E-state index contributed by atoms with van der Waals surface area (Å²) in [5.74, 6) is -0.767. The van der Waals surface area contributed by atoms with E-state index < -0.39 is 29.7 Å². The monoisotopic (exact) mass is 485 g/mol. The van der Waals surface area contributed by atoms with Gasteiger partial charge in [0.1, 0.15) is 17.7 Å². The fourth-order valence-electron chi connectivity index (χ4n) is 3.51. The van der Waals surface area contributed by atoms with Crippen LogP contribution in [0.2, 0.25) is 0 Å². The van der Waals surface area contributed by atoms with Crippen molar-refractivity contribution in [1.82, 2.24) is 10.2 Å². The number of nitrogens with zero attached hydrogens (tertiary/aromatic N) is 1. The van der Waals surface area contributed by atoms with Crippen LogP contribution in [0.5, 0.6) is 0 Å². The lowest BCUT2D eigenvalue weighted by molar-refractivity contribution is -0.138.